The molecule has 118 valence electrons. The van der Waals surface area contributed by atoms with E-state index in [1.165, 1.54) is 6.33 Å². The van der Waals surface area contributed by atoms with Crippen molar-refractivity contribution in [1.82, 2.24) is 14.9 Å². The summed E-state index contributed by atoms with van der Waals surface area (Å²) in [6.07, 6.45) is 1.33. The number of nitrogens with one attached hydrogen (secondary N) is 1. The molecule has 0 aliphatic heterocycles. The predicted octanol–water partition coefficient (Wildman–Crippen LogP) is 1.51. The Labute approximate surface area is 125 Å². The van der Waals surface area contributed by atoms with Crippen LogP contribution in [0.3, 0.4) is 0 Å². The van der Waals surface area contributed by atoms with E-state index in [4.69, 9.17) is 10.5 Å². The maximum Gasteiger partial charge on any atom is 0.244 e. The van der Waals surface area contributed by atoms with Gasteiger partial charge in [-0.3, -0.25) is 4.79 Å². The number of carbonyl (C=O) groups excluding carboxylic acids is 1. The highest BCUT2D eigenvalue weighted by molar-refractivity contribution is 5.85. The number of anilines is 2. The lowest BCUT2D eigenvalue weighted by Gasteiger charge is -2.24. The van der Waals surface area contributed by atoms with Gasteiger partial charge in [-0.25, -0.2) is 4.98 Å². The lowest BCUT2D eigenvalue weighted by molar-refractivity contribution is -0.131. The zero-order valence-electron chi connectivity index (χ0n) is 13.4. The number of aromatic nitrogens is 2. The Morgan fingerprint density at radius 3 is 2.48 bits per heavy atom. The van der Waals surface area contributed by atoms with Crippen LogP contribution < -0.4 is 15.8 Å². The lowest BCUT2D eigenvalue weighted by Crippen LogP contribution is -2.41. The quantitative estimate of drug-likeness (QED) is 0.792. The van der Waals surface area contributed by atoms with Gasteiger partial charge in [0, 0.05) is 13.1 Å². The number of hydrogen-bond acceptors (Lipinski definition) is 6. The van der Waals surface area contributed by atoms with Crippen LogP contribution in [-0.4, -0.2) is 46.0 Å². The van der Waals surface area contributed by atoms with E-state index in [9.17, 15) is 4.79 Å². The van der Waals surface area contributed by atoms with Crippen molar-refractivity contribution in [2.75, 3.05) is 24.1 Å². The van der Waals surface area contributed by atoms with E-state index >= 15 is 0 Å². The molecular weight excluding hydrogens is 270 g/mol. The highest BCUT2D eigenvalue weighted by Crippen LogP contribution is 2.26. The third-order valence-electron chi connectivity index (χ3n) is 2.99. The summed E-state index contributed by atoms with van der Waals surface area (Å²) in [5.41, 5.74) is 6.29. The molecule has 3 N–H and O–H groups in total. The molecule has 0 saturated heterocycles. The topological polar surface area (TPSA) is 93.4 Å². The molecule has 0 aliphatic rings. The molecule has 1 unspecified atom stereocenters. The molecule has 0 saturated carbocycles. The number of likely N-dealkylation sites (N-methyl/N-ethyl adjacent to an activating group) is 1. The summed E-state index contributed by atoms with van der Waals surface area (Å²) in [5.74, 6) is 0.739. The fourth-order valence-electron chi connectivity index (χ4n) is 1.89. The van der Waals surface area contributed by atoms with Gasteiger partial charge in [0.15, 0.2) is 5.82 Å². The van der Waals surface area contributed by atoms with Crippen molar-refractivity contribution in [2.45, 2.75) is 46.8 Å². The number of amides is 1. The Hall–Kier alpha value is -2.05. The third-order valence-corrected chi connectivity index (χ3v) is 2.99. The Balaban J connectivity index is 2.85. The summed E-state index contributed by atoms with van der Waals surface area (Å²) >= 11 is 0. The van der Waals surface area contributed by atoms with E-state index in [2.05, 4.69) is 15.3 Å². The van der Waals surface area contributed by atoms with Gasteiger partial charge >= 0.3 is 0 Å². The molecule has 21 heavy (non-hydrogen) atoms. The van der Waals surface area contributed by atoms with Crippen LogP contribution in [0.5, 0.6) is 5.88 Å². The van der Waals surface area contributed by atoms with Gasteiger partial charge in [-0.1, -0.05) is 0 Å². The van der Waals surface area contributed by atoms with Gasteiger partial charge in [-0.15, -0.1) is 0 Å². The van der Waals surface area contributed by atoms with E-state index in [1.54, 1.807) is 11.8 Å². The number of nitrogen functional groups attached to an aromatic ring is 1. The van der Waals surface area contributed by atoms with Crippen molar-refractivity contribution in [2.24, 2.45) is 0 Å². The monoisotopic (exact) mass is 295 g/mol. The van der Waals surface area contributed by atoms with Crippen LogP contribution in [0.4, 0.5) is 11.5 Å². The number of nitrogens with zero attached hydrogens (tertiary/aromatic N) is 3. The van der Waals surface area contributed by atoms with E-state index in [-0.39, 0.29) is 12.0 Å². The molecule has 1 aromatic rings. The molecule has 1 aromatic heterocycles. The first-order valence-corrected chi connectivity index (χ1v) is 7.23. The van der Waals surface area contributed by atoms with Crippen molar-refractivity contribution < 1.29 is 9.53 Å². The molecule has 0 fully saturated rings. The Kier molecular flexibility index (Phi) is 6.20. The molecule has 0 bridgehead atoms. The van der Waals surface area contributed by atoms with E-state index in [0.29, 0.717) is 30.5 Å². The van der Waals surface area contributed by atoms with Crippen LogP contribution in [0.25, 0.3) is 0 Å². The molecule has 1 heterocycles. The van der Waals surface area contributed by atoms with Crippen molar-refractivity contribution in [3.63, 3.8) is 0 Å². The third kappa shape index (κ3) is 4.47. The normalized spacial score (nSPS) is 12.1. The zero-order chi connectivity index (χ0) is 16.0. The molecule has 7 nitrogen and oxygen atoms in total. The molecule has 1 atom stereocenters. The number of rotatable bonds is 7. The molecular formula is C14H25N5O2. The number of hydrogen-bond donors (Lipinski definition) is 2. The molecule has 1 amide bonds. The van der Waals surface area contributed by atoms with Crippen LogP contribution in [0.1, 0.15) is 34.6 Å². The van der Waals surface area contributed by atoms with Gasteiger partial charge in [-0.2, -0.15) is 4.98 Å². The van der Waals surface area contributed by atoms with Crippen molar-refractivity contribution >= 4 is 17.4 Å². The highest BCUT2D eigenvalue weighted by atomic mass is 16.5. The first kappa shape index (κ1) is 17.0. The summed E-state index contributed by atoms with van der Waals surface area (Å²) in [4.78, 5) is 22.1. The van der Waals surface area contributed by atoms with Gasteiger partial charge in [-0.05, 0) is 34.6 Å². The molecule has 0 spiro atoms. The molecule has 0 aromatic carbocycles. The predicted molar refractivity (Wildman–Crippen MR) is 83.2 cm³/mol. The summed E-state index contributed by atoms with van der Waals surface area (Å²) in [7, 11) is 0. The van der Waals surface area contributed by atoms with Gasteiger partial charge < -0.3 is 20.7 Å². The average Bonchev–Trinajstić information content (AvgIpc) is 2.43. The lowest BCUT2D eigenvalue weighted by atomic mass is 10.2. The summed E-state index contributed by atoms with van der Waals surface area (Å²) in [5, 5.41) is 3.03. The largest absolute Gasteiger partial charge is 0.473 e. The fourth-order valence-corrected chi connectivity index (χ4v) is 1.89. The SMILES string of the molecule is CCN(CC)C(=O)C(C)Nc1ncnc(OC(C)C)c1N. The van der Waals surface area contributed by atoms with Crippen molar-refractivity contribution in [3.05, 3.63) is 6.33 Å². The second-order valence-electron chi connectivity index (χ2n) is 4.98. The van der Waals surface area contributed by atoms with Gasteiger partial charge in [0.2, 0.25) is 11.8 Å². The fraction of sp³-hybridized carbons (Fsp3) is 0.643. The Morgan fingerprint density at radius 2 is 1.95 bits per heavy atom. The molecule has 7 heteroatoms. The average molecular weight is 295 g/mol. The standard InChI is InChI=1S/C14H25N5O2/c1-6-19(7-2)14(20)10(5)18-12-11(15)13(17-8-16-12)21-9(3)4/h8-10H,6-7,15H2,1-5H3,(H,16,17,18). The number of carbonyl (C=O) groups is 1. The van der Waals surface area contributed by atoms with E-state index in [1.807, 2.05) is 27.7 Å². The van der Waals surface area contributed by atoms with Gasteiger partial charge in [0.25, 0.3) is 0 Å². The van der Waals surface area contributed by atoms with Gasteiger partial charge in [0.1, 0.15) is 18.1 Å². The zero-order valence-corrected chi connectivity index (χ0v) is 13.4. The molecule has 0 aliphatic carbocycles. The number of ether oxygens (including phenoxy) is 1. The van der Waals surface area contributed by atoms with Gasteiger partial charge in [0.05, 0.1) is 6.10 Å². The Morgan fingerprint density at radius 1 is 1.33 bits per heavy atom. The van der Waals surface area contributed by atoms with Crippen LogP contribution >= 0.6 is 0 Å². The smallest absolute Gasteiger partial charge is 0.244 e. The first-order valence-electron chi connectivity index (χ1n) is 7.23. The van der Waals surface area contributed by atoms with E-state index < -0.39 is 6.04 Å². The van der Waals surface area contributed by atoms with Crippen molar-refractivity contribution in [3.8, 4) is 5.88 Å². The van der Waals surface area contributed by atoms with E-state index in [0.717, 1.165) is 0 Å². The maximum absolute atomic E-state index is 12.2. The Bertz CT molecular complexity index is 474. The summed E-state index contributed by atoms with van der Waals surface area (Å²) in [6.45, 7) is 10.8. The second kappa shape index (κ2) is 7.66. The van der Waals surface area contributed by atoms with Crippen LogP contribution in [0.2, 0.25) is 0 Å². The maximum atomic E-state index is 12.2. The van der Waals surface area contributed by atoms with Crippen LogP contribution in [-0.2, 0) is 4.79 Å². The van der Waals surface area contributed by atoms with Crippen LogP contribution in [0, 0.1) is 0 Å². The van der Waals surface area contributed by atoms with Crippen LogP contribution in [0.15, 0.2) is 6.33 Å². The highest BCUT2D eigenvalue weighted by Gasteiger charge is 2.20. The minimum Gasteiger partial charge on any atom is -0.473 e. The molecule has 0 radical (unpaired) electrons. The first-order chi connectivity index (χ1) is 9.90. The molecule has 1 rings (SSSR count). The summed E-state index contributed by atoms with van der Waals surface area (Å²) in [6, 6.07) is -0.422. The second-order valence-corrected chi connectivity index (χ2v) is 4.98. The minimum absolute atomic E-state index is 0.00402. The minimum atomic E-state index is -0.422. The number of nitrogens with two attached hydrogens (primary N) is 1. The summed E-state index contributed by atoms with van der Waals surface area (Å²) < 4.78 is 5.51. The van der Waals surface area contributed by atoms with Crippen molar-refractivity contribution in [1.29, 1.82) is 0 Å².